The molecule has 0 bridgehead atoms. The molecule has 1 heterocycles. The second kappa shape index (κ2) is 5.68. The van der Waals surface area contributed by atoms with Crippen LogP contribution in [-0.4, -0.2) is 14.4 Å². The largest absolute Gasteiger partial charge is 0.507 e. The molecule has 0 fully saturated rings. The molecular weight excluding hydrogens is 353 g/mol. The third kappa shape index (κ3) is 3.55. The Labute approximate surface area is 153 Å². The average molecular weight is 375 g/mol. The number of aromatic nitrogens is 1. The van der Waals surface area contributed by atoms with E-state index in [4.69, 9.17) is 39.8 Å². The molecule has 0 saturated carbocycles. The lowest BCUT2D eigenvalue weighted by Crippen LogP contribution is -2.30. The minimum Gasteiger partial charge on any atom is -0.507 e. The van der Waals surface area contributed by atoms with E-state index >= 15 is 0 Å². The lowest BCUT2D eigenvalue weighted by Gasteiger charge is -2.32. The monoisotopic (exact) mass is 373 g/mol. The number of pyridine rings is 1. The van der Waals surface area contributed by atoms with Crippen LogP contribution in [-0.2, 0) is 10.8 Å². The Morgan fingerprint density at radius 2 is 1.43 bits per heavy atom. The van der Waals surface area contributed by atoms with Crippen LogP contribution in [0.4, 0.5) is 0 Å². The second-order valence-electron chi connectivity index (χ2n) is 7.97. The van der Waals surface area contributed by atoms with Gasteiger partial charge in [0.05, 0.1) is 5.03 Å². The van der Waals surface area contributed by atoms with Crippen molar-refractivity contribution in [3.63, 3.8) is 0 Å². The van der Waals surface area contributed by atoms with Gasteiger partial charge in [0.25, 0.3) is 0 Å². The number of aliphatic hydroxyl groups is 1. The van der Waals surface area contributed by atoms with Gasteiger partial charge in [-0.1, -0.05) is 76.3 Å². The van der Waals surface area contributed by atoms with Gasteiger partial charge in [0.2, 0.25) is 4.33 Å². The molecule has 126 valence electrons. The van der Waals surface area contributed by atoms with Crippen LogP contribution >= 0.6 is 34.8 Å². The van der Waals surface area contributed by atoms with Gasteiger partial charge >= 0.3 is 0 Å². The maximum Gasteiger partial charge on any atom is 0.202 e. The highest BCUT2D eigenvalue weighted by Crippen LogP contribution is 2.53. The van der Waals surface area contributed by atoms with Crippen molar-refractivity contribution in [2.45, 2.75) is 56.7 Å². The summed E-state index contributed by atoms with van der Waals surface area (Å²) in [6.07, 6.45) is 1.81. The molecule has 1 aromatic heterocycles. The molecule has 0 saturated heterocycles. The highest BCUT2D eigenvalue weighted by atomic mass is 35.5. The van der Waals surface area contributed by atoms with Crippen molar-refractivity contribution < 1.29 is 5.11 Å². The smallest absolute Gasteiger partial charge is 0.202 e. The minimum absolute atomic E-state index is 0.0884. The Morgan fingerprint density at radius 3 is 1.78 bits per heavy atom. The van der Waals surface area contributed by atoms with Gasteiger partial charge in [-0.25, -0.2) is 0 Å². The Morgan fingerprint density at radius 1 is 1.00 bits per heavy atom. The zero-order valence-corrected chi connectivity index (χ0v) is 16.5. The van der Waals surface area contributed by atoms with Gasteiger partial charge in [-0.15, -0.1) is 0 Å². The van der Waals surface area contributed by atoms with Gasteiger partial charge in [-0.3, -0.25) is 4.98 Å². The fourth-order valence-electron chi connectivity index (χ4n) is 2.19. The van der Waals surface area contributed by atoms with Gasteiger partial charge in [-0.05, 0) is 23.8 Å². The summed E-state index contributed by atoms with van der Waals surface area (Å²) in [5.41, 5.74) is 3.21. The van der Waals surface area contributed by atoms with Crippen LogP contribution in [0.1, 0.15) is 58.5 Å². The molecular formula is C18H22Cl3NO. The summed E-state index contributed by atoms with van der Waals surface area (Å²) in [6, 6.07) is 4.01. The predicted octanol–water partition coefficient (Wildman–Crippen LogP) is 6.26. The summed E-state index contributed by atoms with van der Waals surface area (Å²) < 4.78 is -1.44. The molecule has 2 nitrogen and oxygen atoms in total. The van der Waals surface area contributed by atoms with E-state index in [-0.39, 0.29) is 21.6 Å². The van der Waals surface area contributed by atoms with E-state index in [2.05, 4.69) is 41.5 Å². The Kier molecular flexibility index (Phi) is 4.60. The van der Waals surface area contributed by atoms with E-state index in [9.17, 15) is 5.11 Å². The van der Waals surface area contributed by atoms with Crippen LogP contribution in [0, 0.1) is 0 Å². The van der Waals surface area contributed by atoms with Crippen LogP contribution in [0.3, 0.4) is 0 Å². The minimum atomic E-state index is -1.44. The highest BCUT2D eigenvalue weighted by Gasteiger charge is 2.47. The van der Waals surface area contributed by atoms with Gasteiger partial charge in [0.1, 0.15) is 0 Å². The molecule has 0 aliphatic heterocycles. The van der Waals surface area contributed by atoms with Crippen molar-refractivity contribution in [3.8, 4) is 0 Å². The van der Waals surface area contributed by atoms with Crippen molar-refractivity contribution in [3.05, 3.63) is 45.4 Å². The summed E-state index contributed by atoms with van der Waals surface area (Å²) in [7, 11) is 0. The van der Waals surface area contributed by atoms with E-state index in [0.29, 0.717) is 5.57 Å². The van der Waals surface area contributed by atoms with Crippen molar-refractivity contribution in [2.75, 3.05) is 0 Å². The third-order valence-corrected chi connectivity index (χ3v) is 4.92. The predicted molar refractivity (Wildman–Crippen MR) is 99.6 cm³/mol. The molecule has 1 N–H and O–H groups in total. The van der Waals surface area contributed by atoms with Crippen LogP contribution in [0.15, 0.2) is 28.5 Å². The maximum atomic E-state index is 9.69. The van der Waals surface area contributed by atoms with Crippen molar-refractivity contribution in [2.24, 2.45) is 0 Å². The molecule has 2 rings (SSSR count). The second-order valence-corrected chi connectivity index (χ2v) is 9.67. The third-order valence-electron chi connectivity index (χ3n) is 3.78. The van der Waals surface area contributed by atoms with E-state index in [1.165, 1.54) is 0 Å². The van der Waals surface area contributed by atoms with E-state index in [1.54, 1.807) is 0 Å². The number of nitrogens with zero attached hydrogens (tertiary/aromatic N) is 1. The number of aliphatic hydroxyl groups excluding tert-OH is 1. The molecule has 0 spiro atoms. The van der Waals surface area contributed by atoms with E-state index < -0.39 is 4.33 Å². The van der Waals surface area contributed by atoms with Gasteiger partial charge in [-0.2, -0.15) is 0 Å². The molecule has 0 radical (unpaired) electrons. The highest BCUT2D eigenvalue weighted by molar-refractivity contribution is 6.57. The van der Waals surface area contributed by atoms with Crippen molar-refractivity contribution in [1.29, 1.82) is 0 Å². The maximum absolute atomic E-state index is 9.69. The average Bonchev–Trinajstić information content (AvgIpc) is 2.41. The fraction of sp³-hybridized carbons (Fsp3) is 0.500. The molecule has 1 aliphatic rings. The fourth-order valence-corrected chi connectivity index (χ4v) is 3.21. The zero-order valence-electron chi connectivity index (χ0n) is 14.3. The molecule has 0 atom stereocenters. The van der Waals surface area contributed by atoms with Crippen molar-refractivity contribution in [1.82, 2.24) is 4.98 Å². The Balaban J connectivity index is 2.61. The number of hydrogen-bond donors (Lipinski definition) is 1. The molecule has 0 aromatic carbocycles. The molecule has 0 unspecified atom stereocenters. The van der Waals surface area contributed by atoms with Crippen LogP contribution in [0.5, 0.6) is 0 Å². The number of halogens is 3. The molecule has 1 aliphatic carbocycles. The lowest BCUT2D eigenvalue weighted by atomic mass is 9.85. The molecule has 1 aromatic rings. The van der Waals surface area contributed by atoms with E-state index in [1.807, 2.05) is 18.2 Å². The Hall–Kier alpha value is -0.700. The van der Waals surface area contributed by atoms with E-state index in [0.717, 1.165) is 17.0 Å². The molecule has 23 heavy (non-hydrogen) atoms. The first-order chi connectivity index (χ1) is 10.2. The van der Waals surface area contributed by atoms with Crippen molar-refractivity contribution >= 4 is 40.9 Å². The standard InChI is InChI=1S/C18H22Cl3NO/c1-16(2,3)12-8-10(9-13(22-12)17(4,5)6)7-11-14(19)15(23)18(11,20)21/h7-9,23H,1-6H3/b11-7-. The summed E-state index contributed by atoms with van der Waals surface area (Å²) in [4.78, 5) is 4.81. The first-order valence-corrected chi connectivity index (χ1v) is 8.60. The van der Waals surface area contributed by atoms with Crippen LogP contribution in [0.2, 0.25) is 0 Å². The summed E-state index contributed by atoms with van der Waals surface area (Å²) in [6.45, 7) is 12.7. The van der Waals surface area contributed by atoms with Crippen LogP contribution in [0.25, 0.3) is 6.08 Å². The SMILES string of the molecule is CC(C)(C)c1cc(/C=C2/C(Cl)=C(O)C2(Cl)Cl)cc(C(C)(C)C)n1. The number of hydrogen-bond acceptors (Lipinski definition) is 2. The van der Waals surface area contributed by atoms with Crippen LogP contribution < -0.4 is 0 Å². The number of rotatable bonds is 1. The Bertz CT molecular complexity index is 672. The van der Waals surface area contributed by atoms with Gasteiger partial charge in [0.15, 0.2) is 5.76 Å². The molecule has 0 amide bonds. The first kappa shape index (κ1) is 18.6. The number of alkyl halides is 2. The number of allylic oxidation sites excluding steroid dienone is 2. The van der Waals surface area contributed by atoms with Gasteiger partial charge in [0, 0.05) is 27.8 Å². The first-order valence-electron chi connectivity index (χ1n) is 7.47. The quantitative estimate of drug-likeness (QED) is 0.589. The normalized spacial score (nSPS) is 20.0. The summed E-state index contributed by atoms with van der Waals surface area (Å²) in [5, 5.41) is 9.90. The summed E-state index contributed by atoms with van der Waals surface area (Å²) in [5.74, 6) is -0.199. The lowest BCUT2D eigenvalue weighted by molar-refractivity contribution is 0.373. The summed E-state index contributed by atoms with van der Waals surface area (Å²) >= 11 is 18.3. The molecule has 5 heteroatoms. The topological polar surface area (TPSA) is 33.1 Å². The van der Waals surface area contributed by atoms with Gasteiger partial charge < -0.3 is 5.11 Å². The zero-order chi connectivity index (χ0) is 17.8.